The van der Waals surface area contributed by atoms with E-state index >= 15 is 0 Å². The van der Waals surface area contributed by atoms with Crippen molar-refractivity contribution in [3.63, 3.8) is 0 Å². The van der Waals surface area contributed by atoms with Crippen LogP contribution in [0, 0.1) is 5.41 Å². The number of benzene rings is 3. The van der Waals surface area contributed by atoms with E-state index in [2.05, 4.69) is 78.7 Å². The van der Waals surface area contributed by atoms with Crippen LogP contribution in [0.3, 0.4) is 0 Å². The van der Waals surface area contributed by atoms with Gasteiger partial charge in [0.25, 0.3) is 0 Å². The fourth-order valence-electron chi connectivity index (χ4n) is 4.60. The monoisotopic (exact) mass is 453 g/mol. The second-order valence-electron chi connectivity index (χ2n) is 10.2. The largest absolute Gasteiger partial charge is 0.504 e. The van der Waals surface area contributed by atoms with Crippen LogP contribution in [0.1, 0.15) is 37.5 Å². The zero-order chi connectivity index (χ0) is 23.9. The van der Waals surface area contributed by atoms with Gasteiger partial charge in [0.2, 0.25) is 0 Å². The third-order valence-corrected chi connectivity index (χ3v) is 6.33. The molecule has 0 spiro atoms. The lowest BCUT2D eigenvalue weighted by Gasteiger charge is -2.19. The number of hydrogen-bond donors (Lipinski definition) is 3. The number of aromatic amines is 1. The minimum absolute atomic E-state index is 0.141. The minimum Gasteiger partial charge on any atom is -0.504 e. The first-order chi connectivity index (χ1) is 16.3. The first kappa shape index (κ1) is 22.2. The number of phenolic OH excluding ortho intramolecular Hbond substituents is 1. The smallest absolute Gasteiger partial charge is 0.161 e. The first-order valence-corrected chi connectivity index (χ1v) is 11.7. The van der Waals surface area contributed by atoms with Gasteiger partial charge in [-0.2, -0.15) is 5.10 Å². The summed E-state index contributed by atoms with van der Waals surface area (Å²) < 4.78 is 5.25. The van der Waals surface area contributed by atoms with Crippen LogP contribution in [0.5, 0.6) is 11.5 Å². The Morgan fingerprint density at radius 2 is 1.71 bits per heavy atom. The zero-order valence-corrected chi connectivity index (χ0v) is 20.2. The van der Waals surface area contributed by atoms with Crippen molar-refractivity contribution >= 4 is 0 Å². The van der Waals surface area contributed by atoms with Crippen LogP contribution in [-0.4, -0.2) is 29.0 Å². The van der Waals surface area contributed by atoms with E-state index in [-0.39, 0.29) is 11.2 Å². The Balaban J connectivity index is 1.35. The zero-order valence-electron chi connectivity index (χ0n) is 20.2. The van der Waals surface area contributed by atoms with Gasteiger partial charge >= 0.3 is 0 Å². The first-order valence-electron chi connectivity index (χ1n) is 11.7. The maximum atomic E-state index is 9.87. The summed E-state index contributed by atoms with van der Waals surface area (Å²) >= 11 is 0. The molecule has 5 heteroatoms. The molecule has 34 heavy (non-hydrogen) atoms. The van der Waals surface area contributed by atoms with Crippen LogP contribution < -0.4 is 10.1 Å². The number of hydrogen-bond acceptors (Lipinski definition) is 4. The van der Waals surface area contributed by atoms with Crippen molar-refractivity contribution in [2.75, 3.05) is 13.7 Å². The SMILES string of the molecule is COc1cc(-c2ccc(-c3n[nH]c4c3Cc3cc(CNCC(C)(C)C)ccc3-4)cc2)ccc1O. The van der Waals surface area contributed by atoms with Gasteiger partial charge in [0.05, 0.1) is 18.5 Å². The van der Waals surface area contributed by atoms with Crippen LogP contribution >= 0.6 is 0 Å². The molecule has 1 aromatic heterocycles. The van der Waals surface area contributed by atoms with Crippen LogP contribution in [0.15, 0.2) is 60.7 Å². The molecule has 174 valence electrons. The number of fused-ring (bicyclic) bond motifs is 3. The molecule has 0 radical (unpaired) electrons. The predicted molar refractivity (Wildman–Crippen MR) is 137 cm³/mol. The van der Waals surface area contributed by atoms with Crippen molar-refractivity contribution in [1.82, 2.24) is 15.5 Å². The Morgan fingerprint density at radius 3 is 2.44 bits per heavy atom. The maximum Gasteiger partial charge on any atom is 0.161 e. The Hall–Kier alpha value is -3.57. The lowest BCUT2D eigenvalue weighted by molar-refractivity contribution is 0.373. The number of rotatable bonds is 6. The molecule has 1 aliphatic carbocycles. The van der Waals surface area contributed by atoms with Gasteiger partial charge in [0, 0.05) is 36.2 Å². The van der Waals surface area contributed by atoms with Crippen molar-refractivity contribution < 1.29 is 9.84 Å². The molecule has 1 heterocycles. The third-order valence-electron chi connectivity index (χ3n) is 6.33. The lowest BCUT2D eigenvalue weighted by Crippen LogP contribution is -2.26. The van der Waals surface area contributed by atoms with Crippen molar-refractivity contribution in [1.29, 1.82) is 0 Å². The summed E-state index contributed by atoms with van der Waals surface area (Å²) in [5.41, 5.74) is 10.7. The molecule has 3 aromatic carbocycles. The number of nitrogens with zero attached hydrogens (tertiary/aromatic N) is 1. The highest BCUT2D eigenvalue weighted by atomic mass is 16.5. The number of nitrogens with one attached hydrogen (secondary N) is 2. The second-order valence-corrected chi connectivity index (χ2v) is 10.2. The van der Waals surface area contributed by atoms with Crippen molar-refractivity contribution in [3.05, 3.63) is 77.4 Å². The van der Waals surface area contributed by atoms with E-state index in [1.165, 1.54) is 22.3 Å². The molecule has 0 aliphatic heterocycles. The van der Waals surface area contributed by atoms with Crippen LogP contribution in [-0.2, 0) is 13.0 Å². The summed E-state index contributed by atoms with van der Waals surface area (Å²) in [5.74, 6) is 0.611. The van der Waals surface area contributed by atoms with Crippen molar-refractivity contribution in [2.45, 2.75) is 33.7 Å². The Morgan fingerprint density at radius 1 is 0.971 bits per heavy atom. The van der Waals surface area contributed by atoms with Crippen LogP contribution in [0.4, 0.5) is 0 Å². The summed E-state index contributed by atoms with van der Waals surface area (Å²) in [6, 6.07) is 20.5. The van der Waals surface area contributed by atoms with Gasteiger partial charge in [0.15, 0.2) is 11.5 Å². The average Bonchev–Trinajstić information content (AvgIpc) is 3.37. The summed E-state index contributed by atoms with van der Waals surface area (Å²) in [6.07, 6.45) is 0.889. The molecule has 0 saturated carbocycles. The van der Waals surface area contributed by atoms with Crippen LogP contribution in [0.2, 0.25) is 0 Å². The highest BCUT2D eigenvalue weighted by Crippen LogP contribution is 2.41. The molecule has 5 nitrogen and oxygen atoms in total. The molecule has 0 unspecified atom stereocenters. The molecule has 0 amide bonds. The average molecular weight is 454 g/mol. The van der Waals surface area contributed by atoms with Gasteiger partial charge in [-0.25, -0.2) is 0 Å². The summed E-state index contributed by atoms with van der Waals surface area (Å²) in [5, 5.41) is 21.4. The quantitative estimate of drug-likeness (QED) is 0.288. The van der Waals surface area contributed by atoms with Gasteiger partial charge in [-0.15, -0.1) is 0 Å². The molecule has 3 N–H and O–H groups in total. The lowest BCUT2D eigenvalue weighted by atomic mass is 9.97. The summed E-state index contributed by atoms with van der Waals surface area (Å²) in [6.45, 7) is 8.62. The minimum atomic E-state index is 0.141. The van der Waals surface area contributed by atoms with E-state index in [0.717, 1.165) is 47.6 Å². The molecular formula is C29H31N3O2. The van der Waals surface area contributed by atoms with Gasteiger partial charge in [-0.1, -0.05) is 69.3 Å². The summed E-state index contributed by atoms with van der Waals surface area (Å²) in [7, 11) is 1.56. The highest BCUT2D eigenvalue weighted by molar-refractivity contribution is 5.82. The fraction of sp³-hybridized carbons (Fsp3) is 0.276. The topological polar surface area (TPSA) is 70.2 Å². The summed E-state index contributed by atoms with van der Waals surface area (Å²) in [4.78, 5) is 0. The number of methoxy groups -OCH3 is 1. The van der Waals surface area contributed by atoms with Gasteiger partial charge < -0.3 is 15.2 Å². The standard InChI is InChI=1S/C29H31N3O2/c1-29(2,3)17-30-16-18-5-11-23-22(13-18)14-24-27(31-32-28(23)24)20-8-6-19(7-9-20)21-10-12-25(33)26(15-21)34-4/h5-13,15,30,33H,14,16-17H2,1-4H3,(H,31,32). The van der Waals surface area contributed by atoms with Crippen LogP contribution in [0.25, 0.3) is 33.6 Å². The Kier molecular flexibility index (Phi) is 5.66. The number of aromatic nitrogens is 2. The number of H-pyrrole nitrogens is 1. The number of ether oxygens (including phenoxy) is 1. The molecule has 1 aliphatic rings. The molecule has 0 atom stereocenters. The molecule has 0 bridgehead atoms. The van der Waals surface area contributed by atoms with Gasteiger partial charge in [0.1, 0.15) is 0 Å². The second kappa shape index (κ2) is 8.65. The maximum absolute atomic E-state index is 9.87. The molecular weight excluding hydrogens is 422 g/mol. The Labute approximate surface area is 200 Å². The Bertz CT molecular complexity index is 1330. The third kappa shape index (κ3) is 4.31. The van der Waals surface area contributed by atoms with E-state index < -0.39 is 0 Å². The van der Waals surface area contributed by atoms with E-state index in [0.29, 0.717) is 5.75 Å². The van der Waals surface area contributed by atoms with Crippen molar-refractivity contribution in [2.24, 2.45) is 5.41 Å². The number of phenols is 1. The van der Waals surface area contributed by atoms with Gasteiger partial charge in [-0.05, 0) is 39.8 Å². The van der Waals surface area contributed by atoms with Gasteiger partial charge in [-0.3, -0.25) is 5.10 Å². The number of aromatic hydroxyl groups is 1. The van der Waals surface area contributed by atoms with E-state index in [1.807, 2.05) is 12.1 Å². The van der Waals surface area contributed by atoms with E-state index in [4.69, 9.17) is 4.74 Å². The normalized spacial score (nSPS) is 12.5. The van der Waals surface area contributed by atoms with E-state index in [9.17, 15) is 5.11 Å². The highest BCUT2D eigenvalue weighted by Gasteiger charge is 2.25. The van der Waals surface area contributed by atoms with E-state index in [1.54, 1.807) is 13.2 Å². The molecule has 4 aromatic rings. The fourth-order valence-corrected chi connectivity index (χ4v) is 4.60. The molecule has 0 saturated heterocycles. The molecule has 0 fully saturated rings. The predicted octanol–water partition coefficient (Wildman–Crippen LogP) is 6.16. The van der Waals surface area contributed by atoms with Crippen molar-refractivity contribution in [3.8, 4) is 45.1 Å². The molecule has 5 rings (SSSR count).